The highest BCUT2D eigenvalue weighted by molar-refractivity contribution is 4.94. The molecule has 0 saturated heterocycles. The molecule has 0 N–H and O–H groups in total. The van der Waals surface area contributed by atoms with Crippen LogP contribution in [0.3, 0.4) is 0 Å². The molecular formula is C26H46. The molecule has 0 atom stereocenters. The normalized spacial score (nSPS) is 13.0. The van der Waals surface area contributed by atoms with Gasteiger partial charge >= 0.3 is 0 Å². The van der Waals surface area contributed by atoms with Crippen molar-refractivity contribution >= 4 is 0 Å². The van der Waals surface area contributed by atoms with Gasteiger partial charge in [-0.2, -0.15) is 0 Å². The SMILES string of the molecule is CCCC/C=C/C/C=C/CCC(CC/C=C/C/C=C/CCCC)C(C)C. The summed E-state index contributed by atoms with van der Waals surface area (Å²) in [5.74, 6) is 1.64. The minimum Gasteiger partial charge on any atom is -0.0882 e. The van der Waals surface area contributed by atoms with Crippen molar-refractivity contribution in [1.82, 2.24) is 0 Å². The van der Waals surface area contributed by atoms with Gasteiger partial charge < -0.3 is 0 Å². The molecule has 0 unspecified atom stereocenters. The molecule has 0 aliphatic heterocycles. The number of unbranched alkanes of at least 4 members (excludes halogenated alkanes) is 4. The van der Waals surface area contributed by atoms with Crippen LogP contribution in [0.25, 0.3) is 0 Å². The van der Waals surface area contributed by atoms with Gasteiger partial charge in [-0.1, -0.05) is 102 Å². The zero-order valence-corrected chi connectivity index (χ0v) is 18.3. The first-order valence-electron chi connectivity index (χ1n) is 11.3. The van der Waals surface area contributed by atoms with Crippen LogP contribution in [0.5, 0.6) is 0 Å². The van der Waals surface area contributed by atoms with Gasteiger partial charge in [0, 0.05) is 0 Å². The van der Waals surface area contributed by atoms with Crippen LogP contribution in [0.1, 0.15) is 105 Å². The molecular weight excluding hydrogens is 312 g/mol. The smallest absolute Gasteiger partial charge is 0.0169 e. The first-order chi connectivity index (χ1) is 12.7. The van der Waals surface area contributed by atoms with Crippen molar-refractivity contribution in [2.75, 3.05) is 0 Å². The molecule has 0 saturated carbocycles. The van der Waals surface area contributed by atoms with Gasteiger partial charge in [0.05, 0.1) is 0 Å². The summed E-state index contributed by atoms with van der Waals surface area (Å²) in [6.07, 6.45) is 33.8. The molecule has 150 valence electrons. The molecule has 0 aromatic heterocycles. The predicted octanol–water partition coefficient (Wildman–Crippen LogP) is 9.20. The Morgan fingerprint density at radius 1 is 0.538 bits per heavy atom. The average molecular weight is 359 g/mol. The molecule has 0 radical (unpaired) electrons. The van der Waals surface area contributed by atoms with Gasteiger partial charge in [-0.15, -0.1) is 0 Å². The van der Waals surface area contributed by atoms with Gasteiger partial charge in [-0.3, -0.25) is 0 Å². The summed E-state index contributed by atoms with van der Waals surface area (Å²) in [5, 5.41) is 0. The fraction of sp³-hybridized carbons (Fsp3) is 0.692. The van der Waals surface area contributed by atoms with Crippen LogP contribution in [0.15, 0.2) is 48.6 Å². The van der Waals surface area contributed by atoms with Crippen molar-refractivity contribution in [2.45, 2.75) is 105 Å². The maximum Gasteiger partial charge on any atom is -0.0169 e. The largest absolute Gasteiger partial charge is 0.0882 e. The van der Waals surface area contributed by atoms with E-state index >= 15 is 0 Å². The third kappa shape index (κ3) is 17.8. The lowest BCUT2D eigenvalue weighted by Crippen LogP contribution is -2.07. The molecule has 0 heteroatoms. The Morgan fingerprint density at radius 2 is 0.923 bits per heavy atom. The topological polar surface area (TPSA) is 0 Å². The molecule has 26 heavy (non-hydrogen) atoms. The summed E-state index contributed by atoms with van der Waals surface area (Å²) in [6, 6.07) is 0. The second kappa shape index (κ2) is 20.3. The Morgan fingerprint density at radius 3 is 1.27 bits per heavy atom. The van der Waals surface area contributed by atoms with E-state index in [1.54, 1.807) is 0 Å². The van der Waals surface area contributed by atoms with Crippen molar-refractivity contribution in [2.24, 2.45) is 11.8 Å². The van der Waals surface area contributed by atoms with E-state index in [1.165, 1.54) is 64.2 Å². The number of rotatable bonds is 17. The van der Waals surface area contributed by atoms with E-state index in [4.69, 9.17) is 0 Å². The summed E-state index contributed by atoms with van der Waals surface area (Å²) < 4.78 is 0. The molecule has 0 aliphatic rings. The molecule has 0 aliphatic carbocycles. The quantitative estimate of drug-likeness (QED) is 0.179. The van der Waals surface area contributed by atoms with E-state index in [2.05, 4.69) is 76.3 Å². The highest BCUT2D eigenvalue weighted by Crippen LogP contribution is 2.23. The van der Waals surface area contributed by atoms with E-state index in [9.17, 15) is 0 Å². The Bertz CT molecular complexity index is 347. The van der Waals surface area contributed by atoms with Crippen molar-refractivity contribution in [1.29, 1.82) is 0 Å². The Hall–Kier alpha value is -1.04. The van der Waals surface area contributed by atoms with Crippen molar-refractivity contribution < 1.29 is 0 Å². The van der Waals surface area contributed by atoms with Crippen molar-refractivity contribution in [3.63, 3.8) is 0 Å². The highest BCUT2D eigenvalue weighted by Gasteiger charge is 2.11. The highest BCUT2D eigenvalue weighted by atomic mass is 14.2. The zero-order chi connectivity index (χ0) is 19.3. The molecule has 0 nitrogen and oxygen atoms in total. The van der Waals surface area contributed by atoms with Crippen LogP contribution >= 0.6 is 0 Å². The molecule has 0 rings (SSSR count). The number of hydrogen-bond donors (Lipinski definition) is 0. The van der Waals surface area contributed by atoms with E-state index in [0.29, 0.717) is 0 Å². The standard InChI is InChI=1S/C26H46/c1-5-7-9-11-13-15-17-19-21-23-26(25(3)4)24-22-20-18-16-14-12-10-8-6-2/h11-14,17-20,25-26H,5-10,15-16,21-24H2,1-4H3/b13-11+,14-12+,19-17+,20-18+. The monoisotopic (exact) mass is 358 g/mol. The molecule has 0 bridgehead atoms. The molecule has 0 amide bonds. The third-order valence-electron chi connectivity index (χ3n) is 5.01. The predicted molar refractivity (Wildman–Crippen MR) is 122 cm³/mol. The van der Waals surface area contributed by atoms with Crippen LogP contribution in [-0.2, 0) is 0 Å². The number of allylic oxidation sites excluding steroid dienone is 8. The van der Waals surface area contributed by atoms with Crippen LogP contribution in [0, 0.1) is 11.8 Å². The lowest BCUT2D eigenvalue weighted by atomic mass is 9.87. The van der Waals surface area contributed by atoms with Gasteiger partial charge in [0.15, 0.2) is 0 Å². The first kappa shape index (κ1) is 25.0. The van der Waals surface area contributed by atoms with Crippen LogP contribution in [0.2, 0.25) is 0 Å². The second-order valence-electron chi connectivity index (χ2n) is 7.80. The molecule has 0 fully saturated rings. The first-order valence-corrected chi connectivity index (χ1v) is 11.3. The van der Waals surface area contributed by atoms with Gasteiger partial charge in [-0.05, 0) is 63.2 Å². The Labute approximate surface area is 165 Å². The fourth-order valence-electron chi connectivity index (χ4n) is 3.09. The molecule has 0 aromatic carbocycles. The summed E-state index contributed by atoms with van der Waals surface area (Å²) in [7, 11) is 0. The average Bonchev–Trinajstić information content (AvgIpc) is 2.63. The van der Waals surface area contributed by atoms with Crippen molar-refractivity contribution in [3.05, 3.63) is 48.6 Å². The van der Waals surface area contributed by atoms with E-state index in [0.717, 1.165) is 24.7 Å². The van der Waals surface area contributed by atoms with E-state index in [-0.39, 0.29) is 0 Å². The Balaban J connectivity index is 3.83. The van der Waals surface area contributed by atoms with Crippen molar-refractivity contribution in [3.8, 4) is 0 Å². The summed E-state index contributed by atoms with van der Waals surface area (Å²) in [4.78, 5) is 0. The second-order valence-corrected chi connectivity index (χ2v) is 7.80. The van der Waals surface area contributed by atoms with Crippen LogP contribution in [0.4, 0.5) is 0 Å². The maximum atomic E-state index is 2.39. The Kier molecular flexibility index (Phi) is 19.5. The third-order valence-corrected chi connectivity index (χ3v) is 5.01. The lowest BCUT2D eigenvalue weighted by Gasteiger charge is -2.19. The molecule has 0 aromatic rings. The fourth-order valence-corrected chi connectivity index (χ4v) is 3.09. The minimum atomic E-state index is 0.791. The van der Waals surface area contributed by atoms with E-state index in [1.807, 2.05) is 0 Å². The van der Waals surface area contributed by atoms with Crippen LogP contribution < -0.4 is 0 Å². The van der Waals surface area contributed by atoms with Gasteiger partial charge in [0.1, 0.15) is 0 Å². The molecule has 0 heterocycles. The molecule has 0 spiro atoms. The lowest BCUT2D eigenvalue weighted by molar-refractivity contribution is 0.341. The minimum absolute atomic E-state index is 0.791. The van der Waals surface area contributed by atoms with Crippen LogP contribution in [-0.4, -0.2) is 0 Å². The van der Waals surface area contributed by atoms with Gasteiger partial charge in [0.25, 0.3) is 0 Å². The summed E-state index contributed by atoms with van der Waals surface area (Å²) in [5.41, 5.74) is 0. The van der Waals surface area contributed by atoms with Gasteiger partial charge in [0.2, 0.25) is 0 Å². The van der Waals surface area contributed by atoms with E-state index < -0.39 is 0 Å². The van der Waals surface area contributed by atoms with Gasteiger partial charge in [-0.25, -0.2) is 0 Å². The zero-order valence-electron chi connectivity index (χ0n) is 18.3. The summed E-state index contributed by atoms with van der Waals surface area (Å²) >= 11 is 0. The maximum absolute atomic E-state index is 2.39. The number of hydrogen-bond acceptors (Lipinski definition) is 0. The summed E-state index contributed by atoms with van der Waals surface area (Å²) in [6.45, 7) is 9.26.